The molecule has 0 saturated heterocycles. The average molecular weight is 796 g/mol. The number of ether oxygens (including phenoxy) is 1. The Kier molecular flexibility index (Phi) is 11.5. The first-order valence-electron chi connectivity index (χ1n) is 18.9. The van der Waals surface area contributed by atoms with Gasteiger partial charge < -0.3 is 20.5 Å². The number of aryl methyl sites for hydroxylation is 4. The van der Waals surface area contributed by atoms with Gasteiger partial charge in [0.25, 0.3) is 0 Å². The van der Waals surface area contributed by atoms with Crippen molar-refractivity contribution in [3.8, 4) is 34.3 Å². The number of fused-ring (bicyclic) bond motifs is 2. The first-order chi connectivity index (χ1) is 27.9. The van der Waals surface area contributed by atoms with E-state index >= 15 is 0 Å². The van der Waals surface area contributed by atoms with Gasteiger partial charge in [0.1, 0.15) is 41.1 Å². The molecule has 0 saturated carbocycles. The van der Waals surface area contributed by atoms with Gasteiger partial charge in [-0.1, -0.05) is 30.3 Å². The molecule has 0 amide bonds. The van der Waals surface area contributed by atoms with Gasteiger partial charge in [-0.05, 0) is 90.7 Å². The van der Waals surface area contributed by atoms with E-state index in [1.807, 2.05) is 127 Å². The maximum absolute atomic E-state index is 9.78. The second-order valence-corrected chi connectivity index (χ2v) is 16.4. The molecule has 0 radical (unpaired) electrons. The lowest BCUT2D eigenvalue weighted by Crippen LogP contribution is -2.06. The van der Waals surface area contributed by atoms with Gasteiger partial charge in [0.2, 0.25) is 0 Å². The van der Waals surface area contributed by atoms with Crippen molar-refractivity contribution in [3.63, 3.8) is 0 Å². The van der Waals surface area contributed by atoms with Crippen molar-refractivity contribution >= 4 is 35.2 Å². The molecule has 57 heavy (non-hydrogen) atoms. The minimum atomic E-state index is 0.149. The molecule has 290 valence electrons. The molecule has 0 aliphatic carbocycles. The number of aromatic nitrogens is 7. The SMILES string of the molecule is Cc1cc(O)ccc1C1SCCNc2c1c(-c1ccccn1)nn2C.Cc1cc(OCc2cccnc2)ccc1C1SCCNc2c1c(-c1ccccn1)nn2C. The minimum absolute atomic E-state index is 0.149. The van der Waals surface area contributed by atoms with Gasteiger partial charge in [-0.25, -0.2) is 0 Å². The number of phenolic OH excluding ortho intramolecular Hbond substituents is 1. The molecule has 9 rings (SSSR count). The third kappa shape index (κ3) is 8.21. The van der Waals surface area contributed by atoms with E-state index in [9.17, 15) is 5.11 Å². The summed E-state index contributed by atoms with van der Waals surface area (Å²) in [6.07, 6.45) is 7.23. The van der Waals surface area contributed by atoms with Gasteiger partial charge in [0, 0.05) is 80.2 Å². The van der Waals surface area contributed by atoms with Crippen LogP contribution in [0.4, 0.5) is 11.6 Å². The number of hydrogen-bond donors (Lipinski definition) is 3. The summed E-state index contributed by atoms with van der Waals surface area (Å²) in [5.41, 5.74) is 11.8. The third-order valence-corrected chi connectivity index (χ3v) is 12.6. The zero-order valence-corrected chi connectivity index (χ0v) is 34.0. The van der Waals surface area contributed by atoms with Gasteiger partial charge in [-0.3, -0.25) is 24.3 Å². The fraction of sp³-hybridized carbons (Fsp3) is 0.250. The highest BCUT2D eigenvalue weighted by molar-refractivity contribution is 8.00. The van der Waals surface area contributed by atoms with Gasteiger partial charge in [-0.15, -0.1) is 23.5 Å². The van der Waals surface area contributed by atoms with Crippen LogP contribution in [0.2, 0.25) is 0 Å². The van der Waals surface area contributed by atoms with Crippen LogP contribution in [0, 0.1) is 13.8 Å². The fourth-order valence-corrected chi connectivity index (χ4v) is 9.95. The highest BCUT2D eigenvalue weighted by Gasteiger charge is 2.32. The molecule has 0 spiro atoms. The Balaban J connectivity index is 0.000000165. The van der Waals surface area contributed by atoms with Crippen LogP contribution in [0.25, 0.3) is 22.8 Å². The molecule has 11 nitrogen and oxygen atoms in total. The highest BCUT2D eigenvalue weighted by atomic mass is 32.2. The topological polar surface area (TPSA) is 128 Å². The Morgan fingerprint density at radius 3 is 1.79 bits per heavy atom. The van der Waals surface area contributed by atoms with Crippen molar-refractivity contribution < 1.29 is 9.84 Å². The molecule has 5 aromatic heterocycles. The molecule has 7 aromatic rings. The molecule has 0 bridgehead atoms. The van der Waals surface area contributed by atoms with E-state index in [2.05, 4.69) is 50.7 Å². The summed E-state index contributed by atoms with van der Waals surface area (Å²) in [6, 6.07) is 27.8. The molecule has 3 N–H and O–H groups in total. The zero-order chi connectivity index (χ0) is 39.3. The number of pyridine rings is 3. The summed E-state index contributed by atoms with van der Waals surface area (Å²) in [7, 11) is 3.96. The van der Waals surface area contributed by atoms with Crippen LogP contribution in [0.1, 0.15) is 49.4 Å². The molecule has 13 heteroatoms. The standard InChI is InChI=1S/C25H25N5OS.C19H20N4OS/c1-17-14-19(31-16-18-6-5-10-26-15-18)8-9-20(17)24-22-23(21-7-3-4-11-27-21)29-30(2)25(22)28-12-13-32-24;1-12-11-13(24)6-7-14(12)18-16-17(15-5-3-4-8-20-15)22-23(2)19(16)21-9-10-25-18/h3-11,14-15,24,28H,12-13,16H2,1-2H3;3-8,11,18,21,24H,9-10H2,1-2H3. The summed E-state index contributed by atoms with van der Waals surface area (Å²) >= 11 is 3.84. The minimum Gasteiger partial charge on any atom is -0.508 e. The van der Waals surface area contributed by atoms with Crippen LogP contribution in [-0.2, 0) is 20.7 Å². The predicted molar refractivity (Wildman–Crippen MR) is 231 cm³/mol. The normalized spacial score (nSPS) is 16.1. The second-order valence-electron chi connectivity index (χ2n) is 14.0. The Bertz CT molecular complexity index is 2460. The Labute approximate surface area is 341 Å². The first-order valence-corrected chi connectivity index (χ1v) is 21.0. The van der Waals surface area contributed by atoms with Crippen LogP contribution >= 0.6 is 23.5 Å². The lowest BCUT2D eigenvalue weighted by Gasteiger charge is -2.19. The first kappa shape index (κ1) is 38.1. The Hall–Kier alpha value is -5.79. The summed E-state index contributed by atoms with van der Waals surface area (Å²) in [5, 5.41) is 26.8. The molecule has 0 fully saturated rings. The number of hydrogen-bond acceptors (Lipinski definition) is 11. The maximum Gasteiger partial charge on any atom is 0.129 e. The van der Waals surface area contributed by atoms with Crippen molar-refractivity contribution in [2.24, 2.45) is 14.1 Å². The number of thioether (sulfide) groups is 2. The van der Waals surface area contributed by atoms with E-state index in [1.54, 1.807) is 18.5 Å². The number of rotatable bonds is 7. The van der Waals surface area contributed by atoms with Gasteiger partial charge in [-0.2, -0.15) is 10.2 Å². The maximum atomic E-state index is 9.78. The van der Waals surface area contributed by atoms with Crippen molar-refractivity contribution in [1.29, 1.82) is 0 Å². The van der Waals surface area contributed by atoms with E-state index in [0.717, 1.165) is 81.4 Å². The van der Waals surface area contributed by atoms with Gasteiger partial charge in [0.05, 0.1) is 21.9 Å². The molecular formula is C44H45N9O2S2. The van der Waals surface area contributed by atoms with Crippen LogP contribution in [0.15, 0.2) is 110 Å². The zero-order valence-electron chi connectivity index (χ0n) is 32.4. The smallest absolute Gasteiger partial charge is 0.129 e. The molecule has 7 heterocycles. The summed E-state index contributed by atoms with van der Waals surface area (Å²) in [4.78, 5) is 13.2. The molecular weight excluding hydrogens is 751 g/mol. The number of phenols is 1. The quantitative estimate of drug-likeness (QED) is 0.143. The molecule has 2 aliphatic rings. The van der Waals surface area contributed by atoms with E-state index in [-0.39, 0.29) is 10.5 Å². The van der Waals surface area contributed by atoms with Gasteiger partial charge >= 0.3 is 0 Å². The van der Waals surface area contributed by atoms with E-state index in [1.165, 1.54) is 22.3 Å². The Morgan fingerprint density at radius 1 is 0.702 bits per heavy atom. The predicted octanol–water partition coefficient (Wildman–Crippen LogP) is 8.76. The van der Waals surface area contributed by atoms with Crippen LogP contribution in [0.5, 0.6) is 11.5 Å². The van der Waals surface area contributed by atoms with E-state index in [0.29, 0.717) is 12.4 Å². The molecule has 2 atom stereocenters. The summed E-state index contributed by atoms with van der Waals surface area (Å²) in [6.45, 7) is 6.50. The Morgan fingerprint density at radius 2 is 1.28 bits per heavy atom. The average Bonchev–Trinajstić information content (AvgIpc) is 3.51. The fourth-order valence-electron chi connectivity index (χ4n) is 7.37. The highest BCUT2D eigenvalue weighted by Crippen LogP contribution is 2.48. The van der Waals surface area contributed by atoms with Crippen molar-refractivity contribution in [2.75, 3.05) is 35.2 Å². The number of aromatic hydroxyl groups is 1. The largest absolute Gasteiger partial charge is 0.508 e. The van der Waals surface area contributed by atoms with Crippen molar-refractivity contribution in [3.05, 3.63) is 149 Å². The number of benzene rings is 2. The number of nitrogens with zero attached hydrogens (tertiary/aromatic N) is 7. The summed E-state index contributed by atoms with van der Waals surface area (Å²) < 4.78 is 9.88. The monoisotopic (exact) mass is 795 g/mol. The molecule has 2 aliphatic heterocycles. The van der Waals surface area contributed by atoms with Crippen molar-refractivity contribution in [2.45, 2.75) is 31.0 Å². The lowest BCUT2D eigenvalue weighted by atomic mass is 9.98. The van der Waals surface area contributed by atoms with Crippen LogP contribution in [0.3, 0.4) is 0 Å². The van der Waals surface area contributed by atoms with E-state index in [4.69, 9.17) is 14.9 Å². The lowest BCUT2D eigenvalue weighted by molar-refractivity contribution is 0.305. The molecule has 2 aromatic carbocycles. The second kappa shape index (κ2) is 17.1. The third-order valence-electron chi connectivity index (χ3n) is 10.1. The van der Waals surface area contributed by atoms with E-state index < -0.39 is 0 Å². The van der Waals surface area contributed by atoms with Gasteiger partial charge in [0.15, 0.2) is 0 Å². The summed E-state index contributed by atoms with van der Waals surface area (Å²) in [5.74, 6) is 5.29. The van der Waals surface area contributed by atoms with Crippen molar-refractivity contribution in [1.82, 2.24) is 34.5 Å². The van der Waals surface area contributed by atoms with Crippen LogP contribution < -0.4 is 15.4 Å². The number of nitrogens with one attached hydrogen (secondary N) is 2. The molecule has 2 unspecified atom stereocenters. The number of anilines is 2. The van der Waals surface area contributed by atoms with Crippen LogP contribution in [-0.4, -0.2) is 64.2 Å².